The van der Waals surface area contributed by atoms with Crippen molar-refractivity contribution < 1.29 is 19.7 Å². The lowest BCUT2D eigenvalue weighted by Gasteiger charge is -2.08. The minimum Gasteiger partial charge on any atom is -0.504 e. The average molecular weight is 206 g/mol. The summed E-state index contributed by atoms with van der Waals surface area (Å²) in [6.45, 7) is 1.52. The Balaban J connectivity index is 3.37. The van der Waals surface area contributed by atoms with Crippen LogP contribution in [0, 0.1) is 30.0 Å². The van der Waals surface area contributed by atoms with Crippen LogP contribution in [0.25, 0.3) is 0 Å². The Bertz CT molecular complexity index is 430. The number of phenolic OH excluding ortho intramolecular Hbond substituents is 2. The fourth-order valence-corrected chi connectivity index (χ4v) is 1.07. The average Bonchev–Trinajstić information content (AvgIpc) is 2.19. The topological polar surface area (TPSA) is 106 Å². The standard InChI is InChI=1S/C9H6N2O4/c1-5-2-6(12)9(15-4-11)7(13)8(5)14-3-10/h2,12-13H,1H3. The Kier molecular flexibility index (Phi) is 2.85. The quantitative estimate of drug-likeness (QED) is 0.702. The maximum absolute atomic E-state index is 9.50. The van der Waals surface area contributed by atoms with Crippen LogP contribution in [-0.2, 0) is 0 Å². The maximum Gasteiger partial charge on any atom is 0.292 e. The fourth-order valence-electron chi connectivity index (χ4n) is 1.07. The Morgan fingerprint density at radius 1 is 1.13 bits per heavy atom. The van der Waals surface area contributed by atoms with Gasteiger partial charge in [0, 0.05) is 5.56 Å². The molecule has 15 heavy (non-hydrogen) atoms. The highest BCUT2D eigenvalue weighted by Crippen LogP contribution is 2.45. The smallest absolute Gasteiger partial charge is 0.292 e. The zero-order valence-corrected chi connectivity index (χ0v) is 7.68. The van der Waals surface area contributed by atoms with Crippen LogP contribution in [-0.4, -0.2) is 10.2 Å². The van der Waals surface area contributed by atoms with Crippen LogP contribution >= 0.6 is 0 Å². The van der Waals surface area contributed by atoms with Gasteiger partial charge in [-0.15, -0.1) is 10.5 Å². The third-order valence-corrected chi connectivity index (χ3v) is 1.67. The van der Waals surface area contributed by atoms with E-state index in [1.54, 1.807) is 0 Å². The Hall–Kier alpha value is -2.60. The van der Waals surface area contributed by atoms with Crippen molar-refractivity contribution in [1.82, 2.24) is 0 Å². The predicted octanol–water partition coefficient (Wildman–Crippen LogP) is 1.13. The number of hydrogen-bond donors (Lipinski definition) is 2. The largest absolute Gasteiger partial charge is 0.504 e. The summed E-state index contributed by atoms with van der Waals surface area (Å²) in [7, 11) is 0. The Morgan fingerprint density at radius 3 is 2.20 bits per heavy atom. The van der Waals surface area contributed by atoms with Gasteiger partial charge in [-0.1, -0.05) is 0 Å². The van der Waals surface area contributed by atoms with Gasteiger partial charge in [0.15, 0.2) is 11.5 Å². The first-order chi connectivity index (χ1) is 7.11. The number of rotatable bonds is 2. The van der Waals surface area contributed by atoms with Gasteiger partial charge in [0.25, 0.3) is 12.5 Å². The summed E-state index contributed by atoms with van der Waals surface area (Å²) in [6.07, 6.45) is 2.67. The summed E-state index contributed by atoms with van der Waals surface area (Å²) in [4.78, 5) is 0. The van der Waals surface area contributed by atoms with E-state index in [9.17, 15) is 10.2 Å². The SMILES string of the molecule is Cc1cc(O)c(OC#N)c(O)c1OC#N. The van der Waals surface area contributed by atoms with Crippen LogP contribution in [0.3, 0.4) is 0 Å². The van der Waals surface area contributed by atoms with Gasteiger partial charge in [-0.25, -0.2) is 0 Å². The zero-order chi connectivity index (χ0) is 11.4. The molecule has 0 aliphatic rings. The normalized spacial score (nSPS) is 8.73. The van der Waals surface area contributed by atoms with Crippen LogP contribution in [0.15, 0.2) is 6.07 Å². The van der Waals surface area contributed by atoms with E-state index < -0.39 is 17.2 Å². The predicted molar refractivity (Wildman–Crippen MR) is 47.0 cm³/mol. The first-order valence-corrected chi connectivity index (χ1v) is 3.79. The highest BCUT2D eigenvalue weighted by Gasteiger charge is 2.18. The first-order valence-electron chi connectivity index (χ1n) is 3.79. The van der Waals surface area contributed by atoms with Crippen molar-refractivity contribution in [1.29, 1.82) is 10.5 Å². The molecule has 0 radical (unpaired) electrons. The number of ether oxygens (including phenoxy) is 2. The van der Waals surface area contributed by atoms with E-state index in [4.69, 9.17) is 10.5 Å². The van der Waals surface area contributed by atoms with Crippen molar-refractivity contribution >= 4 is 0 Å². The zero-order valence-electron chi connectivity index (χ0n) is 7.68. The van der Waals surface area contributed by atoms with Crippen molar-refractivity contribution in [2.24, 2.45) is 0 Å². The molecule has 0 atom stereocenters. The molecule has 1 aromatic rings. The summed E-state index contributed by atoms with van der Waals surface area (Å²) >= 11 is 0. The van der Waals surface area contributed by atoms with Gasteiger partial charge in [0.1, 0.15) is 0 Å². The molecule has 0 aliphatic heterocycles. The van der Waals surface area contributed by atoms with Crippen LogP contribution in [0.5, 0.6) is 23.0 Å². The molecule has 6 nitrogen and oxygen atoms in total. The van der Waals surface area contributed by atoms with E-state index in [2.05, 4.69) is 9.47 Å². The van der Waals surface area contributed by atoms with Crippen molar-refractivity contribution in [2.45, 2.75) is 6.92 Å². The third-order valence-electron chi connectivity index (χ3n) is 1.67. The van der Waals surface area contributed by atoms with E-state index in [1.165, 1.54) is 25.5 Å². The molecular formula is C9H6N2O4. The van der Waals surface area contributed by atoms with Crippen molar-refractivity contribution in [2.75, 3.05) is 0 Å². The second-order valence-corrected chi connectivity index (χ2v) is 2.61. The molecule has 0 aromatic heterocycles. The number of nitrogens with zero attached hydrogens (tertiary/aromatic N) is 2. The molecule has 0 bridgehead atoms. The highest BCUT2D eigenvalue weighted by atomic mass is 16.5. The van der Waals surface area contributed by atoms with E-state index in [-0.39, 0.29) is 5.75 Å². The molecular weight excluding hydrogens is 200 g/mol. The first kappa shape index (κ1) is 10.5. The summed E-state index contributed by atoms with van der Waals surface area (Å²) in [6, 6.07) is 1.21. The number of aryl methyl sites for hydroxylation is 1. The van der Waals surface area contributed by atoms with E-state index in [1.807, 2.05) is 0 Å². The molecule has 0 saturated carbocycles. The van der Waals surface area contributed by atoms with Gasteiger partial charge in [0.05, 0.1) is 0 Å². The van der Waals surface area contributed by atoms with Crippen molar-refractivity contribution in [3.8, 4) is 35.5 Å². The third kappa shape index (κ3) is 1.84. The minimum atomic E-state index is -0.587. The second-order valence-electron chi connectivity index (χ2n) is 2.61. The molecule has 6 heteroatoms. The van der Waals surface area contributed by atoms with Gasteiger partial charge in [0.2, 0.25) is 11.5 Å². The molecule has 0 amide bonds. The van der Waals surface area contributed by atoms with Gasteiger partial charge in [-0.05, 0) is 13.0 Å². The van der Waals surface area contributed by atoms with E-state index in [0.29, 0.717) is 5.56 Å². The lowest BCUT2D eigenvalue weighted by molar-refractivity contribution is 0.364. The van der Waals surface area contributed by atoms with Gasteiger partial charge < -0.3 is 19.7 Å². The molecule has 1 rings (SSSR count). The number of aromatic hydroxyl groups is 2. The lowest BCUT2D eigenvalue weighted by atomic mass is 10.2. The van der Waals surface area contributed by atoms with E-state index in [0.717, 1.165) is 0 Å². The van der Waals surface area contributed by atoms with Gasteiger partial charge in [-0.2, -0.15) is 0 Å². The second kappa shape index (κ2) is 4.07. The van der Waals surface area contributed by atoms with Gasteiger partial charge in [-0.3, -0.25) is 0 Å². The number of hydrogen-bond acceptors (Lipinski definition) is 6. The summed E-state index contributed by atoms with van der Waals surface area (Å²) < 4.78 is 8.79. The Labute approximate surface area is 85.1 Å². The molecule has 0 unspecified atom stereocenters. The van der Waals surface area contributed by atoms with E-state index >= 15 is 0 Å². The van der Waals surface area contributed by atoms with Crippen LogP contribution in [0.2, 0.25) is 0 Å². The molecule has 0 spiro atoms. The fraction of sp³-hybridized carbons (Fsp3) is 0.111. The number of phenols is 2. The minimum absolute atomic E-state index is 0.152. The Morgan fingerprint density at radius 2 is 1.67 bits per heavy atom. The molecule has 0 aliphatic carbocycles. The number of nitriles is 2. The summed E-state index contributed by atoms with van der Waals surface area (Å²) in [5.74, 6) is -1.58. The van der Waals surface area contributed by atoms with Gasteiger partial charge >= 0.3 is 0 Å². The van der Waals surface area contributed by atoms with Crippen LogP contribution in [0.1, 0.15) is 5.56 Å². The van der Waals surface area contributed by atoms with Crippen LogP contribution < -0.4 is 9.47 Å². The molecule has 0 saturated heterocycles. The molecule has 0 fully saturated rings. The van der Waals surface area contributed by atoms with Crippen LogP contribution in [0.4, 0.5) is 0 Å². The number of benzene rings is 1. The highest BCUT2D eigenvalue weighted by molar-refractivity contribution is 5.61. The molecule has 0 heterocycles. The maximum atomic E-state index is 9.50. The molecule has 1 aromatic carbocycles. The monoisotopic (exact) mass is 206 g/mol. The molecule has 76 valence electrons. The summed E-state index contributed by atoms with van der Waals surface area (Å²) in [5.41, 5.74) is 0.344. The van der Waals surface area contributed by atoms with Crippen molar-refractivity contribution in [3.63, 3.8) is 0 Å². The lowest BCUT2D eigenvalue weighted by Crippen LogP contribution is -1.91. The summed E-state index contributed by atoms with van der Waals surface area (Å²) in [5, 5.41) is 35.4. The molecule has 2 N–H and O–H groups in total. The van der Waals surface area contributed by atoms with Crippen molar-refractivity contribution in [3.05, 3.63) is 11.6 Å².